The molecule has 1 N–H and O–H groups in total. The summed E-state index contributed by atoms with van der Waals surface area (Å²) in [6.45, 7) is 0. The number of hydrogen-bond donors (Lipinski definition) is 1. The zero-order chi connectivity index (χ0) is 19.1. The smallest absolute Gasteiger partial charge is 0.226 e. The molecule has 2 aliphatic rings. The maximum atomic E-state index is 13.3. The minimum absolute atomic E-state index is 0.157. The highest BCUT2D eigenvalue weighted by molar-refractivity contribution is 6.00. The van der Waals surface area contributed by atoms with Crippen molar-refractivity contribution < 1.29 is 9.53 Å². The van der Waals surface area contributed by atoms with Gasteiger partial charge < -0.3 is 10.1 Å². The van der Waals surface area contributed by atoms with Crippen LogP contribution in [0.3, 0.4) is 0 Å². The van der Waals surface area contributed by atoms with Crippen LogP contribution in [0.15, 0.2) is 72.2 Å². The van der Waals surface area contributed by atoms with Crippen LogP contribution in [0.1, 0.15) is 35.9 Å². The standard InChI is InChI=1S/C22H20N4O2/c1-28-17-9-7-15(8-10-17)21-20-18(25-22-23-13-24-26(21)22)11-16(12-19(20)27)14-5-3-2-4-6-14/h2-10,13,16,21H,11-12H2,1H3,(H,23,24,25)/t16-,21-/m0/s1. The lowest BCUT2D eigenvalue weighted by atomic mass is 9.78. The number of ether oxygens (including phenoxy) is 1. The van der Waals surface area contributed by atoms with Crippen molar-refractivity contribution in [2.24, 2.45) is 0 Å². The third-order valence-electron chi connectivity index (χ3n) is 5.56. The summed E-state index contributed by atoms with van der Waals surface area (Å²) in [5, 5.41) is 7.74. The third-order valence-corrected chi connectivity index (χ3v) is 5.56. The predicted octanol–water partition coefficient (Wildman–Crippen LogP) is 3.70. The van der Waals surface area contributed by atoms with Gasteiger partial charge in [0, 0.05) is 17.7 Å². The normalized spacial score (nSPS) is 21.0. The molecular formula is C22H20N4O2. The fourth-order valence-electron chi connectivity index (χ4n) is 4.21. The fourth-order valence-corrected chi connectivity index (χ4v) is 4.21. The van der Waals surface area contributed by atoms with Crippen LogP contribution in [0, 0.1) is 0 Å². The van der Waals surface area contributed by atoms with E-state index in [4.69, 9.17) is 4.74 Å². The van der Waals surface area contributed by atoms with E-state index in [1.807, 2.05) is 42.5 Å². The Morgan fingerprint density at radius 1 is 1.04 bits per heavy atom. The number of ketones is 1. The second-order valence-corrected chi connectivity index (χ2v) is 7.16. The Labute approximate surface area is 162 Å². The number of nitrogens with one attached hydrogen (secondary N) is 1. The number of allylic oxidation sites excluding steroid dienone is 2. The van der Waals surface area contributed by atoms with Crippen molar-refractivity contribution in [3.8, 4) is 5.75 Å². The average Bonchev–Trinajstić information content (AvgIpc) is 3.21. The highest BCUT2D eigenvalue weighted by atomic mass is 16.5. The largest absolute Gasteiger partial charge is 0.497 e. The predicted molar refractivity (Wildman–Crippen MR) is 105 cm³/mol. The van der Waals surface area contributed by atoms with Gasteiger partial charge in [0.05, 0.1) is 7.11 Å². The average molecular weight is 372 g/mol. The maximum Gasteiger partial charge on any atom is 0.226 e. The monoisotopic (exact) mass is 372 g/mol. The molecule has 2 atom stereocenters. The second kappa shape index (κ2) is 6.64. The molecule has 1 aliphatic heterocycles. The fraction of sp³-hybridized carbons (Fsp3) is 0.227. The Morgan fingerprint density at radius 2 is 1.82 bits per heavy atom. The molecule has 2 aromatic carbocycles. The van der Waals surface area contributed by atoms with Gasteiger partial charge >= 0.3 is 0 Å². The Hall–Kier alpha value is -3.41. The molecule has 0 amide bonds. The summed E-state index contributed by atoms with van der Waals surface area (Å²) in [5.41, 5.74) is 3.92. The molecule has 28 heavy (non-hydrogen) atoms. The van der Waals surface area contributed by atoms with Gasteiger partial charge in [0.25, 0.3) is 0 Å². The lowest BCUT2D eigenvalue weighted by Gasteiger charge is -2.35. The molecule has 2 heterocycles. The van der Waals surface area contributed by atoms with Crippen molar-refractivity contribution in [1.29, 1.82) is 0 Å². The maximum absolute atomic E-state index is 13.3. The summed E-state index contributed by atoms with van der Waals surface area (Å²) in [6.07, 6.45) is 2.81. The number of Topliss-reactive ketones (excluding diaryl/α,β-unsaturated/α-hetero) is 1. The number of aromatic nitrogens is 3. The zero-order valence-electron chi connectivity index (χ0n) is 15.5. The van der Waals surface area contributed by atoms with Crippen LogP contribution in [0.4, 0.5) is 5.95 Å². The van der Waals surface area contributed by atoms with Gasteiger partial charge in [-0.15, -0.1) is 0 Å². The van der Waals surface area contributed by atoms with Gasteiger partial charge in [0.15, 0.2) is 5.78 Å². The van der Waals surface area contributed by atoms with Gasteiger partial charge in [0.2, 0.25) is 5.95 Å². The number of hydrogen-bond acceptors (Lipinski definition) is 5. The van der Waals surface area contributed by atoms with Crippen LogP contribution in [-0.2, 0) is 4.79 Å². The number of benzene rings is 2. The number of anilines is 1. The third kappa shape index (κ3) is 2.69. The van der Waals surface area contributed by atoms with E-state index < -0.39 is 0 Å². The molecule has 140 valence electrons. The number of carbonyl (C=O) groups excluding carboxylic acids is 1. The van der Waals surface area contributed by atoms with Crippen molar-refractivity contribution in [3.05, 3.63) is 83.3 Å². The first-order chi connectivity index (χ1) is 13.7. The van der Waals surface area contributed by atoms with E-state index in [1.165, 1.54) is 11.9 Å². The molecule has 1 aliphatic carbocycles. The summed E-state index contributed by atoms with van der Waals surface area (Å²) in [5.74, 6) is 1.78. The van der Waals surface area contributed by atoms with Crippen LogP contribution in [0.2, 0.25) is 0 Å². The first-order valence-electron chi connectivity index (χ1n) is 9.36. The van der Waals surface area contributed by atoms with Gasteiger partial charge in [0.1, 0.15) is 18.1 Å². The second-order valence-electron chi connectivity index (χ2n) is 7.16. The molecule has 0 radical (unpaired) electrons. The van der Waals surface area contributed by atoms with Crippen LogP contribution in [0.5, 0.6) is 5.75 Å². The van der Waals surface area contributed by atoms with Crippen LogP contribution < -0.4 is 10.1 Å². The zero-order valence-corrected chi connectivity index (χ0v) is 15.5. The molecule has 0 spiro atoms. The molecule has 0 unspecified atom stereocenters. The van der Waals surface area contributed by atoms with E-state index in [0.717, 1.165) is 29.0 Å². The molecule has 6 nitrogen and oxygen atoms in total. The van der Waals surface area contributed by atoms with Crippen molar-refractivity contribution >= 4 is 11.7 Å². The van der Waals surface area contributed by atoms with E-state index in [2.05, 4.69) is 27.5 Å². The summed E-state index contributed by atoms with van der Waals surface area (Å²) < 4.78 is 7.07. The minimum atomic E-state index is -0.274. The van der Waals surface area contributed by atoms with Crippen LogP contribution in [-0.4, -0.2) is 27.7 Å². The van der Waals surface area contributed by atoms with E-state index in [-0.39, 0.29) is 17.7 Å². The molecular weight excluding hydrogens is 352 g/mol. The molecule has 3 aromatic rings. The topological polar surface area (TPSA) is 69.0 Å². The van der Waals surface area contributed by atoms with Gasteiger partial charge in [-0.25, -0.2) is 4.68 Å². The van der Waals surface area contributed by atoms with Crippen LogP contribution >= 0.6 is 0 Å². The lowest BCUT2D eigenvalue weighted by molar-refractivity contribution is -0.116. The SMILES string of the molecule is COc1ccc([C@H]2C3=C(C[C@H](c4ccccc4)CC3=O)Nc3ncnn32)cc1. The lowest BCUT2D eigenvalue weighted by Crippen LogP contribution is -2.33. The number of carbonyl (C=O) groups is 1. The van der Waals surface area contributed by atoms with Gasteiger partial charge in [-0.05, 0) is 35.6 Å². The first-order valence-corrected chi connectivity index (χ1v) is 9.36. The highest BCUT2D eigenvalue weighted by Crippen LogP contribution is 2.43. The Kier molecular flexibility index (Phi) is 3.97. The molecule has 0 saturated heterocycles. The summed E-state index contributed by atoms with van der Waals surface area (Å²) in [7, 11) is 1.64. The van der Waals surface area contributed by atoms with E-state index in [1.54, 1.807) is 11.8 Å². The van der Waals surface area contributed by atoms with Crippen molar-refractivity contribution in [1.82, 2.24) is 14.8 Å². The van der Waals surface area contributed by atoms with Crippen molar-refractivity contribution in [2.75, 3.05) is 12.4 Å². The molecule has 0 fully saturated rings. The van der Waals surface area contributed by atoms with Crippen molar-refractivity contribution in [2.45, 2.75) is 24.8 Å². The van der Waals surface area contributed by atoms with E-state index >= 15 is 0 Å². The number of fused-ring (bicyclic) bond motifs is 1. The first kappa shape index (κ1) is 16.7. The van der Waals surface area contributed by atoms with Gasteiger partial charge in [-0.2, -0.15) is 10.1 Å². The Balaban J connectivity index is 1.58. The number of rotatable bonds is 3. The van der Waals surface area contributed by atoms with Crippen molar-refractivity contribution in [3.63, 3.8) is 0 Å². The van der Waals surface area contributed by atoms with Gasteiger partial charge in [-0.3, -0.25) is 4.79 Å². The quantitative estimate of drug-likeness (QED) is 0.759. The summed E-state index contributed by atoms with van der Waals surface area (Å²) >= 11 is 0. The van der Waals surface area contributed by atoms with Gasteiger partial charge in [-0.1, -0.05) is 42.5 Å². The molecule has 1 aromatic heterocycles. The van der Waals surface area contributed by atoms with E-state index in [9.17, 15) is 4.79 Å². The Bertz CT molecular complexity index is 1050. The van der Waals surface area contributed by atoms with E-state index in [0.29, 0.717) is 12.4 Å². The molecule has 0 saturated carbocycles. The number of methoxy groups -OCH3 is 1. The number of nitrogens with zero attached hydrogens (tertiary/aromatic N) is 3. The molecule has 6 heteroatoms. The molecule has 0 bridgehead atoms. The van der Waals surface area contributed by atoms with Crippen LogP contribution in [0.25, 0.3) is 0 Å². The molecule has 5 rings (SSSR count). The summed E-state index contributed by atoms with van der Waals surface area (Å²) in [4.78, 5) is 17.6. The summed E-state index contributed by atoms with van der Waals surface area (Å²) in [6, 6.07) is 17.8. The Morgan fingerprint density at radius 3 is 2.57 bits per heavy atom. The highest BCUT2D eigenvalue weighted by Gasteiger charge is 2.39. The minimum Gasteiger partial charge on any atom is -0.497 e.